The molecule has 2 rings (SSSR count). The van der Waals surface area contributed by atoms with Crippen LogP contribution >= 0.6 is 0 Å². The Hall–Kier alpha value is -4.99. The van der Waals surface area contributed by atoms with Crippen molar-refractivity contribution in [2.75, 3.05) is 26.3 Å². The summed E-state index contributed by atoms with van der Waals surface area (Å²) in [4.78, 5) is 50.8. The molecule has 0 saturated carbocycles. The van der Waals surface area contributed by atoms with Crippen molar-refractivity contribution < 1.29 is 38.9 Å². The maximum absolute atomic E-state index is 12.3. The van der Waals surface area contributed by atoms with Gasteiger partial charge in [0.25, 0.3) is 5.91 Å². The van der Waals surface area contributed by atoms with Gasteiger partial charge >= 0.3 is 18.1 Å². The van der Waals surface area contributed by atoms with E-state index in [1.807, 2.05) is 5.32 Å². The minimum atomic E-state index is -1.49. The second kappa shape index (κ2) is 14.3. The summed E-state index contributed by atoms with van der Waals surface area (Å²) in [7, 11) is 0. The highest BCUT2D eigenvalue weighted by Crippen LogP contribution is 2.23. The number of aromatic nitrogens is 1. The van der Waals surface area contributed by atoms with E-state index < -0.39 is 36.3 Å². The molecule has 190 valence electrons. The lowest BCUT2D eigenvalue weighted by atomic mass is 10.1. The number of aromatic hydroxyl groups is 1. The van der Waals surface area contributed by atoms with Crippen molar-refractivity contribution in [1.29, 1.82) is 0 Å². The van der Waals surface area contributed by atoms with Crippen LogP contribution in [0.1, 0.15) is 15.9 Å². The summed E-state index contributed by atoms with van der Waals surface area (Å²) in [5, 5.41) is 29.0. The van der Waals surface area contributed by atoms with Gasteiger partial charge in [-0.15, -0.1) is 6.42 Å². The van der Waals surface area contributed by atoms with E-state index in [4.69, 9.17) is 11.2 Å². The maximum Gasteiger partial charge on any atom is 0.408 e. The van der Waals surface area contributed by atoms with E-state index in [9.17, 15) is 29.4 Å². The minimum absolute atomic E-state index is 0.0927. The van der Waals surface area contributed by atoms with E-state index >= 15 is 0 Å². The van der Waals surface area contributed by atoms with Gasteiger partial charge in [0.1, 0.15) is 24.1 Å². The summed E-state index contributed by atoms with van der Waals surface area (Å²) in [6, 6.07) is 5.58. The molecule has 1 aromatic heterocycles. The molecular weight excluding hydrogens is 474 g/mol. The van der Waals surface area contributed by atoms with E-state index in [0.29, 0.717) is 6.54 Å². The Bertz CT molecular complexity index is 1100. The van der Waals surface area contributed by atoms with Crippen LogP contribution in [0.4, 0.5) is 9.59 Å². The molecule has 0 bridgehead atoms. The smallest absolute Gasteiger partial charge is 0.408 e. The van der Waals surface area contributed by atoms with Crippen molar-refractivity contribution in [3.8, 4) is 23.8 Å². The predicted octanol–water partition coefficient (Wildman–Crippen LogP) is 0.208. The van der Waals surface area contributed by atoms with Gasteiger partial charge in [0.15, 0.2) is 6.61 Å². The number of benzene rings is 1. The van der Waals surface area contributed by atoms with Gasteiger partial charge in [-0.25, -0.2) is 14.4 Å². The van der Waals surface area contributed by atoms with Crippen LogP contribution in [0.15, 0.2) is 42.7 Å². The first-order valence-electron chi connectivity index (χ1n) is 10.5. The monoisotopic (exact) mass is 499 g/mol. The number of phenolic OH excluding ortho intramolecular Hbond substituents is 1. The largest absolute Gasteiger partial charge is 0.507 e. The van der Waals surface area contributed by atoms with Gasteiger partial charge in [0.2, 0.25) is 0 Å². The van der Waals surface area contributed by atoms with Crippen LogP contribution in [0.3, 0.4) is 0 Å². The summed E-state index contributed by atoms with van der Waals surface area (Å²) >= 11 is 0. The second-order valence-corrected chi connectivity index (χ2v) is 7.02. The maximum atomic E-state index is 12.3. The molecule has 0 unspecified atom stereocenters. The highest BCUT2D eigenvalue weighted by molar-refractivity contribution is 5.97. The van der Waals surface area contributed by atoms with E-state index in [-0.39, 0.29) is 37.1 Å². The van der Waals surface area contributed by atoms with Gasteiger partial charge in [0.05, 0.1) is 12.1 Å². The van der Waals surface area contributed by atoms with E-state index in [1.54, 1.807) is 24.5 Å². The van der Waals surface area contributed by atoms with Crippen molar-refractivity contribution in [3.63, 3.8) is 0 Å². The van der Waals surface area contributed by atoms with Crippen molar-refractivity contribution in [1.82, 2.24) is 26.3 Å². The number of carbonyl (C=O) groups is 4. The first-order valence-corrected chi connectivity index (χ1v) is 10.5. The van der Waals surface area contributed by atoms with E-state index in [0.717, 1.165) is 5.56 Å². The molecular formula is C23H25N5O8. The summed E-state index contributed by atoms with van der Waals surface area (Å²) in [6.07, 6.45) is 7.14. The normalized spacial score (nSPS) is 10.8. The van der Waals surface area contributed by atoms with Gasteiger partial charge in [-0.1, -0.05) is 5.92 Å². The standard InChI is InChI=1S/C23H25N5O8/c1-2-10-36-23(34)28-18(21(31)32)14-26-20(30)17-4-3-16(12-19(17)29)35-11-9-25-22(33)27-13-15-5-7-24-8-6-15/h1,3-8,12,18,29H,9-11,13-14H2,(H,26,30)(H,28,34)(H,31,32)(H2,25,27,33)/t18-/m0/s1. The number of urea groups is 1. The van der Waals surface area contributed by atoms with E-state index in [1.165, 1.54) is 18.2 Å². The van der Waals surface area contributed by atoms with Crippen LogP contribution in [0.5, 0.6) is 11.5 Å². The highest BCUT2D eigenvalue weighted by Gasteiger charge is 2.22. The fourth-order valence-corrected chi connectivity index (χ4v) is 2.65. The number of rotatable bonds is 12. The predicted molar refractivity (Wildman–Crippen MR) is 125 cm³/mol. The minimum Gasteiger partial charge on any atom is -0.507 e. The molecule has 0 aliphatic heterocycles. The van der Waals surface area contributed by atoms with Gasteiger partial charge in [-0.05, 0) is 29.8 Å². The Morgan fingerprint density at radius 3 is 2.50 bits per heavy atom. The molecule has 0 aliphatic carbocycles. The Balaban J connectivity index is 1.76. The molecule has 13 heteroatoms. The molecule has 0 aliphatic rings. The number of hydrogen-bond donors (Lipinski definition) is 6. The molecule has 0 spiro atoms. The number of carboxylic acids is 1. The van der Waals surface area contributed by atoms with Gasteiger partial charge in [-0.3, -0.25) is 9.78 Å². The van der Waals surface area contributed by atoms with Crippen molar-refractivity contribution in [2.24, 2.45) is 0 Å². The number of hydrogen-bond acceptors (Lipinski definition) is 8. The molecule has 0 fully saturated rings. The molecule has 13 nitrogen and oxygen atoms in total. The van der Waals surface area contributed by atoms with Crippen molar-refractivity contribution in [3.05, 3.63) is 53.9 Å². The fraction of sp³-hybridized carbons (Fsp3) is 0.261. The Morgan fingerprint density at radius 1 is 1.08 bits per heavy atom. The fourth-order valence-electron chi connectivity index (χ4n) is 2.65. The molecule has 0 radical (unpaired) electrons. The van der Waals surface area contributed by atoms with Gasteiger partial charge in [-0.2, -0.15) is 0 Å². The number of amides is 4. The first kappa shape index (κ1) is 27.3. The number of carboxylic acid groups (broad SMARTS) is 1. The number of terminal acetylenes is 1. The third-order valence-electron chi connectivity index (χ3n) is 4.42. The number of ether oxygens (including phenoxy) is 2. The summed E-state index contributed by atoms with van der Waals surface area (Å²) < 4.78 is 9.98. The average molecular weight is 499 g/mol. The number of pyridine rings is 1. The molecule has 1 heterocycles. The quantitative estimate of drug-likeness (QED) is 0.175. The molecule has 6 N–H and O–H groups in total. The SMILES string of the molecule is C#CCOC(=O)N[C@@H](CNC(=O)c1ccc(OCCNC(=O)NCc2ccncc2)cc1O)C(=O)O. The van der Waals surface area contributed by atoms with Crippen LogP contribution in [-0.4, -0.2) is 71.5 Å². The van der Waals surface area contributed by atoms with Crippen LogP contribution in [0.2, 0.25) is 0 Å². The number of nitrogens with zero attached hydrogens (tertiary/aromatic N) is 1. The second-order valence-electron chi connectivity index (χ2n) is 7.02. The first-order chi connectivity index (χ1) is 17.3. The number of nitrogens with one attached hydrogen (secondary N) is 4. The molecule has 36 heavy (non-hydrogen) atoms. The lowest BCUT2D eigenvalue weighted by molar-refractivity contribution is -0.139. The zero-order chi connectivity index (χ0) is 26.3. The molecule has 1 atom stereocenters. The summed E-state index contributed by atoms with van der Waals surface area (Å²) in [5.74, 6) is -0.318. The molecule has 2 aromatic rings. The Morgan fingerprint density at radius 2 is 1.83 bits per heavy atom. The van der Waals surface area contributed by atoms with Crippen LogP contribution in [0, 0.1) is 12.3 Å². The molecule has 0 saturated heterocycles. The number of aliphatic carboxylic acids is 1. The van der Waals surface area contributed by atoms with Gasteiger partial charge in [0, 0.05) is 31.5 Å². The van der Waals surface area contributed by atoms with Crippen molar-refractivity contribution in [2.45, 2.75) is 12.6 Å². The zero-order valence-corrected chi connectivity index (χ0v) is 19.0. The topological polar surface area (TPSA) is 188 Å². The summed E-state index contributed by atoms with van der Waals surface area (Å²) in [6.45, 7) is -0.214. The van der Waals surface area contributed by atoms with Crippen LogP contribution in [0.25, 0.3) is 0 Å². The third-order valence-corrected chi connectivity index (χ3v) is 4.42. The zero-order valence-electron chi connectivity index (χ0n) is 19.0. The number of carbonyl (C=O) groups excluding carboxylic acids is 3. The Kier molecular flexibility index (Phi) is 10.8. The lowest BCUT2D eigenvalue weighted by Crippen LogP contribution is -2.48. The Labute approximate surface area is 206 Å². The van der Waals surface area contributed by atoms with Crippen molar-refractivity contribution >= 4 is 24.0 Å². The average Bonchev–Trinajstić information content (AvgIpc) is 2.86. The molecule has 4 amide bonds. The number of phenols is 1. The highest BCUT2D eigenvalue weighted by atomic mass is 16.5. The number of alkyl carbamates (subject to hydrolysis) is 1. The van der Waals surface area contributed by atoms with Crippen LogP contribution in [-0.2, 0) is 16.1 Å². The van der Waals surface area contributed by atoms with Gasteiger partial charge < -0.3 is 41.0 Å². The third kappa shape index (κ3) is 9.48. The molecule has 1 aromatic carbocycles. The van der Waals surface area contributed by atoms with Crippen LogP contribution < -0.4 is 26.0 Å². The summed E-state index contributed by atoms with van der Waals surface area (Å²) in [5.41, 5.74) is 0.753. The van der Waals surface area contributed by atoms with E-state index in [2.05, 4.69) is 31.6 Å². The lowest BCUT2D eigenvalue weighted by Gasteiger charge is -2.15.